The van der Waals surface area contributed by atoms with Crippen molar-refractivity contribution in [3.8, 4) is 0 Å². The van der Waals surface area contributed by atoms with Gasteiger partial charge >= 0.3 is 67.3 Å². The van der Waals surface area contributed by atoms with Gasteiger partial charge in [0, 0.05) is 0 Å². The molecule has 0 aromatic rings. The minimum absolute atomic E-state index is 0. The molecule has 0 rings (SSSR count). The van der Waals surface area contributed by atoms with Crippen LogP contribution in [0, 0.1) is 0 Å². The Kier molecular flexibility index (Phi) is 27.8. The Labute approximate surface area is 89.0 Å². The summed E-state index contributed by atoms with van der Waals surface area (Å²) in [5.41, 5.74) is 0. The van der Waals surface area contributed by atoms with Gasteiger partial charge in [-0.3, -0.25) is 0 Å². The Morgan fingerprint density at radius 2 is 1.00 bits per heavy atom. The fourth-order valence-electron chi connectivity index (χ4n) is 0. The van der Waals surface area contributed by atoms with Crippen molar-refractivity contribution in [1.82, 2.24) is 0 Å². The van der Waals surface area contributed by atoms with Crippen molar-refractivity contribution in [2.75, 3.05) is 0 Å². The first-order valence-corrected chi connectivity index (χ1v) is 1.64. The van der Waals surface area contributed by atoms with Crippen molar-refractivity contribution in [1.29, 1.82) is 0 Å². The molecule has 0 spiro atoms. The van der Waals surface area contributed by atoms with Crippen molar-refractivity contribution in [2.24, 2.45) is 0 Å². The minimum Gasteiger partial charge on any atom is -0.854 e. The average Bonchev–Trinajstić information content (AvgIpc) is 0.811. The number of rotatable bonds is 0. The zero-order chi connectivity index (χ0) is 3.58. The molecule has 0 saturated heterocycles. The number of hydrogen-bond donors (Lipinski definition) is 0. The summed E-state index contributed by atoms with van der Waals surface area (Å²) in [6.07, 6.45) is 0. The SMILES string of the molecule is [Ca+2].[Na+].[O-]P([O-])[O-]. The van der Waals surface area contributed by atoms with E-state index in [-0.39, 0.29) is 67.3 Å². The molecule has 0 bridgehead atoms. The second-order valence-electron chi connectivity index (χ2n) is 0.224. The van der Waals surface area contributed by atoms with Gasteiger partial charge in [0.15, 0.2) is 0 Å². The third-order valence-electron chi connectivity index (χ3n) is 0. The molecule has 0 aliphatic heterocycles. The van der Waals surface area contributed by atoms with E-state index in [1.807, 2.05) is 0 Å². The van der Waals surface area contributed by atoms with E-state index in [0.29, 0.717) is 0 Å². The van der Waals surface area contributed by atoms with E-state index in [2.05, 4.69) is 0 Å². The fourth-order valence-corrected chi connectivity index (χ4v) is 0. The van der Waals surface area contributed by atoms with Gasteiger partial charge in [0.1, 0.15) is 0 Å². The molecule has 6 heavy (non-hydrogen) atoms. The molecule has 0 saturated carbocycles. The second-order valence-corrected chi connectivity index (χ2v) is 0.671. The summed E-state index contributed by atoms with van der Waals surface area (Å²) in [4.78, 5) is 25.4. The van der Waals surface area contributed by atoms with Crippen LogP contribution in [0.25, 0.3) is 0 Å². The van der Waals surface area contributed by atoms with Gasteiger partial charge in [-0.25, -0.2) is 0 Å². The molecule has 0 aromatic carbocycles. The largest absolute Gasteiger partial charge is 2.00 e. The molecule has 0 unspecified atom stereocenters. The van der Waals surface area contributed by atoms with Gasteiger partial charge in [-0.05, 0) is 0 Å². The summed E-state index contributed by atoms with van der Waals surface area (Å²) in [7, 11) is -3.37. The third-order valence-corrected chi connectivity index (χ3v) is 0. The van der Waals surface area contributed by atoms with Crippen molar-refractivity contribution >= 4 is 46.3 Å². The molecule has 26 valence electrons. The second kappa shape index (κ2) is 10.5. The Morgan fingerprint density at radius 3 is 1.00 bits per heavy atom. The van der Waals surface area contributed by atoms with Gasteiger partial charge in [0.25, 0.3) is 0 Å². The summed E-state index contributed by atoms with van der Waals surface area (Å²) in [5, 5.41) is 0. The van der Waals surface area contributed by atoms with Crippen molar-refractivity contribution < 1.29 is 44.2 Å². The molecule has 0 amide bonds. The van der Waals surface area contributed by atoms with Crippen molar-refractivity contribution in [3.05, 3.63) is 0 Å². The van der Waals surface area contributed by atoms with Gasteiger partial charge < -0.3 is 23.3 Å². The monoisotopic (exact) mass is 142 g/mol. The summed E-state index contributed by atoms with van der Waals surface area (Å²) < 4.78 is 0. The van der Waals surface area contributed by atoms with E-state index in [9.17, 15) is 0 Å². The van der Waals surface area contributed by atoms with E-state index in [1.165, 1.54) is 0 Å². The quantitative estimate of drug-likeness (QED) is 0.249. The molecule has 0 aliphatic rings. The Hall–Kier alpha value is 2.57. The average molecular weight is 142 g/mol. The molecule has 0 aliphatic carbocycles. The zero-order valence-electron chi connectivity index (χ0n) is 3.38. The maximum atomic E-state index is 8.48. The van der Waals surface area contributed by atoms with Crippen LogP contribution in [0.4, 0.5) is 0 Å². The maximum Gasteiger partial charge on any atom is 2.00 e. The van der Waals surface area contributed by atoms with Crippen LogP contribution in [0.2, 0.25) is 0 Å². The van der Waals surface area contributed by atoms with E-state index in [0.717, 1.165) is 0 Å². The van der Waals surface area contributed by atoms with Crippen LogP contribution in [0.3, 0.4) is 0 Å². The molecule has 0 heterocycles. The Bertz CT molecular complexity index is 15.5. The normalized spacial score (nSPS) is 6.00. The maximum absolute atomic E-state index is 8.48. The predicted octanol–water partition coefficient (Wildman–Crippen LogP) is -6.08. The Morgan fingerprint density at radius 1 is 1.00 bits per heavy atom. The first-order valence-electron chi connectivity index (χ1n) is 0.548. The zero-order valence-corrected chi connectivity index (χ0v) is 8.48. The van der Waals surface area contributed by atoms with Gasteiger partial charge in [-0.1, -0.05) is 0 Å². The fraction of sp³-hybridized carbons (Fsp3) is 0. The standard InChI is InChI=1S/Ca.Na.O3P/c;;1-4(2)3/q+2;+1;-3. The van der Waals surface area contributed by atoms with Gasteiger partial charge in [0.2, 0.25) is 0 Å². The van der Waals surface area contributed by atoms with Crippen molar-refractivity contribution in [3.63, 3.8) is 0 Å². The Balaban J connectivity index is -0.0000000450. The van der Waals surface area contributed by atoms with Crippen LogP contribution < -0.4 is 44.2 Å². The predicted molar refractivity (Wildman–Crippen MR) is 12.7 cm³/mol. The third kappa shape index (κ3) is 30.9. The van der Waals surface area contributed by atoms with Gasteiger partial charge in [0.05, 0.1) is 0 Å². The van der Waals surface area contributed by atoms with Crippen LogP contribution in [0.1, 0.15) is 0 Å². The molecule has 0 atom stereocenters. The smallest absolute Gasteiger partial charge is 0.854 e. The molecular weight excluding hydrogens is 142 g/mol. The molecular formula is CaNaO3P. The molecule has 3 nitrogen and oxygen atoms in total. The molecule has 0 fully saturated rings. The molecule has 0 N–H and O–H groups in total. The van der Waals surface area contributed by atoms with Crippen LogP contribution in [0.5, 0.6) is 0 Å². The van der Waals surface area contributed by atoms with E-state index >= 15 is 0 Å². The van der Waals surface area contributed by atoms with Gasteiger partial charge in [-0.15, -0.1) is 0 Å². The summed E-state index contributed by atoms with van der Waals surface area (Å²) >= 11 is 0. The van der Waals surface area contributed by atoms with E-state index in [4.69, 9.17) is 14.7 Å². The molecule has 6 heteroatoms. The van der Waals surface area contributed by atoms with Crippen LogP contribution in [0.15, 0.2) is 0 Å². The molecule has 0 radical (unpaired) electrons. The molecule has 0 aromatic heterocycles. The minimum atomic E-state index is -3.37. The van der Waals surface area contributed by atoms with Crippen LogP contribution in [-0.2, 0) is 0 Å². The topological polar surface area (TPSA) is 69.2 Å². The van der Waals surface area contributed by atoms with E-state index in [1.54, 1.807) is 0 Å². The summed E-state index contributed by atoms with van der Waals surface area (Å²) in [6, 6.07) is 0. The van der Waals surface area contributed by atoms with Crippen LogP contribution in [-0.4, -0.2) is 37.7 Å². The first kappa shape index (κ1) is 15.8. The van der Waals surface area contributed by atoms with Crippen LogP contribution >= 0.6 is 8.60 Å². The summed E-state index contributed by atoms with van der Waals surface area (Å²) in [5.74, 6) is 0. The number of hydrogen-bond acceptors (Lipinski definition) is 3. The van der Waals surface area contributed by atoms with Gasteiger partial charge in [-0.2, -0.15) is 0 Å². The first-order chi connectivity index (χ1) is 1.73. The van der Waals surface area contributed by atoms with Crippen molar-refractivity contribution in [2.45, 2.75) is 0 Å². The summed E-state index contributed by atoms with van der Waals surface area (Å²) in [6.45, 7) is 0. The van der Waals surface area contributed by atoms with E-state index < -0.39 is 8.60 Å².